The minimum atomic E-state index is 0.611. The third-order valence-corrected chi connectivity index (χ3v) is 5.50. The third-order valence-electron chi connectivity index (χ3n) is 5.50. The molecule has 1 fully saturated rings. The first kappa shape index (κ1) is 13.1. The number of hydrogen-bond acceptors (Lipinski definition) is 0. The van der Waals surface area contributed by atoms with E-state index in [2.05, 4.69) is 48.5 Å². The molecular formula is C15H30. The maximum Gasteiger partial charge on any atom is -0.0292 e. The maximum atomic E-state index is 2.48. The van der Waals surface area contributed by atoms with Crippen LogP contribution in [0.15, 0.2) is 0 Å². The Morgan fingerprint density at radius 2 is 1.60 bits per heavy atom. The Morgan fingerprint density at radius 1 is 1.13 bits per heavy atom. The molecule has 0 heteroatoms. The minimum absolute atomic E-state index is 0.611. The summed E-state index contributed by atoms with van der Waals surface area (Å²) in [5.74, 6) is 4.58. The fourth-order valence-corrected chi connectivity index (χ4v) is 3.64. The zero-order valence-electron chi connectivity index (χ0n) is 11.8. The molecule has 5 atom stereocenters. The van der Waals surface area contributed by atoms with Gasteiger partial charge in [0.15, 0.2) is 0 Å². The van der Waals surface area contributed by atoms with Crippen molar-refractivity contribution < 1.29 is 0 Å². The first-order chi connectivity index (χ1) is 6.84. The Bertz CT molecular complexity index is 204. The molecule has 15 heavy (non-hydrogen) atoms. The van der Waals surface area contributed by atoms with Gasteiger partial charge in [-0.3, -0.25) is 0 Å². The van der Waals surface area contributed by atoms with E-state index in [0.29, 0.717) is 5.41 Å². The van der Waals surface area contributed by atoms with Gasteiger partial charge < -0.3 is 0 Å². The summed E-state index contributed by atoms with van der Waals surface area (Å²) in [6, 6.07) is 0. The Morgan fingerprint density at radius 3 is 1.93 bits per heavy atom. The van der Waals surface area contributed by atoms with Crippen LogP contribution in [-0.4, -0.2) is 0 Å². The van der Waals surface area contributed by atoms with Crippen molar-refractivity contribution in [1.29, 1.82) is 0 Å². The van der Waals surface area contributed by atoms with Gasteiger partial charge in [0.2, 0.25) is 0 Å². The third kappa shape index (κ3) is 2.40. The molecule has 0 aromatic heterocycles. The summed E-state index contributed by atoms with van der Waals surface area (Å²) in [4.78, 5) is 0. The molecule has 1 aliphatic carbocycles. The van der Waals surface area contributed by atoms with Gasteiger partial charge in [-0.2, -0.15) is 0 Å². The van der Waals surface area contributed by atoms with Crippen molar-refractivity contribution in [3.63, 3.8) is 0 Å². The molecule has 0 aliphatic heterocycles. The van der Waals surface area contributed by atoms with Crippen LogP contribution >= 0.6 is 0 Å². The van der Waals surface area contributed by atoms with E-state index in [1.165, 1.54) is 12.8 Å². The smallest absolute Gasteiger partial charge is 0.0292 e. The fourth-order valence-electron chi connectivity index (χ4n) is 3.64. The molecule has 0 spiro atoms. The summed E-state index contributed by atoms with van der Waals surface area (Å²) in [7, 11) is 0. The SMILES string of the molecule is CCCC(C)C(C)C(C)C1C(C)C1(C)C. The lowest BCUT2D eigenvalue weighted by atomic mass is 9.78. The Labute approximate surface area is 96.8 Å². The monoisotopic (exact) mass is 210 g/mol. The second-order valence-electron chi connectivity index (χ2n) is 6.62. The summed E-state index contributed by atoms with van der Waals surface area (Å²) in [5.41, 5.74) is 0.611. The van der Waals surface area contributed by atoms with Gasteiger partial charge in [-0.05, 0) is 35.0 Å². The van der Waals surface area contributed by atoms with E-state index in [-0.39, 0.29) is 0 Å². The lowest BCUT2D eigenvalue weighted by molar-refractivity contribution is 0.221. The van der Waals surface area contributed by atoms with Crippen molar-refractivity contribution in [3.8, 4) is 0 Å². The zero-order chi connectivity index (χ0) is 11.8. The van der Waals surface area contributed by atoms with Gasteiger partial charge in [0, 0.05) is 0 Å². The Kier molecular flexibility index (Phi) is 3.90. The van der Waals surface area contributed by atoms with Crippen LogP contribution in [0.1, 0.15) is 61.3 Å². The molecule has 0 radical (unpaired) electrons. The van der Waals surface area contributed by atoms with Gasteiger partial charge >= 0.3 is 0 Å². The van der Waals surface area contributed by atoms with Crippen molar-refractivity contribution in [2.45, 2.75) is 61.3 Å². The highest BCUT2D eigenvalue weighted by molar-refractivity contribution is 5.05. The fraction of sp³-hybridized carbons (Fsp3) is 1.00. The molecule has 0 aromatic rings. The highest BCUT2D eigenvalue weighted by Gasteiger charge is 2.57. The molecule has 0 heterocycles. The van der Waals surface area contributed by atoms with E-state index < -0.39 is 0 Å². The molecular weight excluding hydrogens is 180 g/mol. The van der Waals surface area contributed by atoms with E-state index in [4.69, 9.17) is 0 Å². The van der Waals surface area contributed by atoms with E-state index in [0.717, 1.165) is 29.6 Å². The van der Waals surface area contributed by atoms with Gasteiger partial charge in [0.25, 0.3) is 0 Å². The molecule has 0 saturated heterocycles. The molecule has 0 N–H and O–H groups in total. The van der Waals surface area contributed by atoms with E-state index in [1.54, 1.807) is 0 Å². The number of hydrogen-bond donors (Lipinski definition) is 0. The van der Waals surface area contributed by atoms with Gasteiger partial charge in [-0.15, -0.1) is 0 Å². The van der Waals surface area contributed by atoms with Crippen LogP contribution in [0.2, 0.25) is 0 Å². The standard InChI is InChI=1S/C15H30/c1-8-9-10(2)11(3)12(4)14-13(5)15(14,6)7/h10-14H,8-9H2,1-7H3. The van der Waals surface area contributed by atoms with Gasteiger partial charge in [-0.25, -0.2) is 0 Å². The van der Waals surface area contributed by atoms with Crippen LogP contribution in [0, 0.1) is 35.0 Å². The second kappa shape index (κ2) is 4.47. The van der Waals surface area contributed by atoms with Gasteiger partial charge in [0.05, 0.1) is 0 Å². The van der Waals surface area contributed by atoms with E-state index in [9.17, 15) is 0 Å². The molecule has 5 unspecified atom stereocenters. The van der Waals surface area contributed by atoms with Crippen molar-refractivity contribution in [3.05, 3.63) is 0 Å². The van der Waals surface area contributed by atoms with Crippen LogP contribution in [-0.2, 0) is 0 Å². The van der Waals surface area contributed by atoms with E-state index in [1.807, 2.05) is 0 Å². The van der Waals surface area contributed by atoms with Crippen molar-refractivity contribution in [2.24, 2.45) is 35.0 Å². The average Bonchev–Trinajstić information content (AvgIpc) is 2.64. The van der Waals surface area contributed by atoms with Crippen LogP contribution in [0.4, 0.5) is 0 Å². The summed E-state index contributed by atoms with van der Waals surface area (Å²) in [5, 5.41) is 0. The lowest BCUT2D eigenvalue weighted by Gasteiger charge is -2.27. The van der Waals surface area contributed by atoms with Gasteiger partial charge in [-0.1, -0.05) is 61.3 Å². The number of rotatable bonds is 5. The first-order valence-corrected chi connectivity index (χ1v) is 6.84. The minimum Gasteiger partial charge on any atom is -0.0654 e. The van der Waals surface area contributed by atoms with Crippen molar-refractivity contribution >= 4 is 0 Å². The quantitative estimate of drug-likeness (QED) is 0.600. The summed E-state index contributed by atoms with van der Waals surface area (Å²) < 4.78 is 0. The molecule has 0 amide bonds. The second-order valence-corrected chi connectivity index (χ2v) is 6.62. The molecule has 0 aromatic carbocycles. The Hall–Kier alpha value is 0. The van der Waals surface area contributed by atoms with Crippen LogP contribution in [0.25, 0.3) is 0 Å². The topological polar surface area (TPSA) is 0 Å². The van der Waals surface area contributed by atoms with Crippen LogP contribution in [0.3, 0.4) is 0 Å². The molecule has 90 valence electrons. The maximum absolute atomic E-state index is 2.48. The van der Waals surface area contributed by atoms with Crippen molar-refractivity contribution in [1.82, 2.24) is 0 Å². The van der Waals surface area contributed by atoms with Gasteiger partial charge in [0.1, 0.15) is 0 Å². The predicted molar refractivity (Wildman–Crippen MR) is 68.8 cm³/mol. The molecule has 1 rings (SSSR count). The normalized spacial score (nSPS) is 34.6. The Balaban J connectivity index is 2.51. The molecule has 1 saturated carbocycles. The van der Waals surface area contributed by atoms with E-state index >= 15 is 0 Å². The predicted octanol–water partition coefficient (Wildman–Crippen LogP) is 4.99. The lowest BCUT2D eigenvalue weighted by Crippen LogP contribution is -2.20. The van der Waals surface area contributed by atoms with Crippen molar-refractivity contribution in [2.75, 3.05) is 0 Å². The summed E-state index contributed by atoms with van der Waals surface area (Å²) in [6.07, 6.45) is 2.73. The molecule has 0 nitrogen and oxygen atoms in total. The molecule has 0 bridgehead atoms. The highest BCUT2D eigenvalue weighted by Crippen LogP contribution is 2.63. The zero-order valence-corrected chi connectivity index (χ0v) is 11.8. The largest absolute Gasteiger partial charge is 0.0654 e. The molecule has 1 aliphatic rings. The van der Waals surface area contributed by atoms with Crippen LogP contribution < -0.4 is 0 Å². The summed E-state index contributed by atoms with van der Waals surface area (Å²) >= 11 is 0. The average molecular weight is 210 g/mol. The summed E-state index contributed by atoms with van der Waals surface area (Å²) in [6.45, 7) is 17.0. The highest BCUT2D eigenvalue weighted by atomic mass is 14.6. The first-order valence-electron chi connectivity index (χ1n) is 6.84. The van der Waals surface area contributed by atoms with Crippen LogP contribution in [0.5, 0.6) is 0 Å².